The molecule has 0 aliphatic rings. The Morgan fingerprint density at radius 3 is 2.63 bits per heavy atom. The summed E-state index contributed by atoms with van der Waals surface area (Å²) in [6.07, 6.45) is 3.66. The van der Waals surface area contributed by atoms with E-state index < -0.39 is 15.9 Å². The SMILES string of the molecule is CC(C)CCOc1ccccc1NC(=O)Nc1cn2nc(-c3cccc(S(C)(=O)=O)c3)ccc2n1. The fourth-order valence-corrected chi connectivity index (χ4v) is 4.02. The number of nitrogens with zero attached hydrogens (tertiary/aromatic N) is 3. The number of aromatic nitrogens is 3. The van der Waals surface area contributed by atoms with Crippen molar-refractivity contribution >= 4 is 33.0 Å². The lowest BCUT2D eigenvalue weighted by atomic mass is 10.1. The number of sulfone groups is 1. The highest BCUT2D eigenvalue weighted by atomic mass is 32.2. The van der Waals surface area contributed by atoms with E-state index in [0.717, 1.165) is 12.7 Å². The predicted octanol–water partition coefficient (Wildman–Crippen LogP) is 4.87. The molecule has 4 aromatic rings. The summed E-state index contributed by atoms with van der Waals surface area (Å²) >= 11 is 0. The molecule has 182 valence electrons. The van der Waals surface area contributed by atoms with E-state index in [9.17, 15) is 13.2 Å². The van der Waals surface area contributed by atoms with E-state index in [1.807, 2.05) is 18.2 Å². The second kappa shape index (κ2) is 10.1. The molecule has 4 rings (SSSR count). The van der Waals surface area contributed by atoms with Crippen molar-refractivity contribution < 1.29 is 17.9 Å². The number of carbonyl (C=O) groups is 1. The van der Waals surface area contributed by atoms with Gasteiger partial charge in [-0.15, -0.1) is 0 Å². The first kappa shape index (κ1) is 24.2. The zero-order valence-electron chi connectivity index (χ0n) is 19.7. The number of ether oxygens (including phenoxy) is 1. The number of imidazole rings is 1. The van der Waals surface area contributed by atoms with Gasteiger partial charge in [0.2, 0.25) is 0 Å². The monoisotopic (exact) mass is 493 g/mol. The molecular weight excluding hydrogens is 466 g/mol. The van der Waals surface area contributed by atoms with Gasteiger partial charge in [-0.25, -0.2) is 22.7 Å². The average molecular weight is 494 g/mol. The van der Waals surface area contributed by atoms with Gasteiger partial charge in [0.05, 0.1) is 29.1 Å². The van der Waals surface area contributed by atoms with Crippen molar-refractivity contribution in [2.24, 2.45) is 5.92 Å². The largest absolute Gasteiger partial charge is 0.491 e. The van der Waals surface area contributed by atoms with Crippen LogP contribution in [0.2, 0.25) is 0 Å². The number of rotatable bonds is 8. The summed E-state index contributed by atoms with van der Waals surface area (Å²) in [6.45, 7) is 4.81. The van der Waals surface area contributed by atoms with Gasteiger partial charge < -0.3 is 10.1 Å². The van der Waals surface area contributed by atoms with Crippen molar-refractivity contribution in [3.63, 3.8) is 0 Å². The van der Waals surface area contributed by atoms with Crippen LogP contribution in [0.15, 0.2) is 71.8 Å². The molecule has 2 N–H and O–H groups in total. The Bertz CT molecular complexity index is 1460. The van der Waals surface area contributed by atoms with Crippen molar-refractivity contribution in [3.05, 3.63) is 66.9 Å². The van der Waals surface area contributed by atoms with Crippen LogP contribution >= 0.6 is 0 Å². The third-order valence-electron chi connectivity index (χ3n) is 5.21. The summed E-state index contributed by atoms with van der Waals surface area (Å²) in [5.74, 6) is 1.43. The molecule has 0 radical (unpaired) electrons. The van der Waals surface area contributed by atoms with Crippen LogP contribution < -0.4 is 15.4 Å². The molecule has 9 nitrogen and oxygen atoms in total. The molecule has 2 aromatic heterocycles. The van der Waals surface area contributed by atoms with Gasteiger partial charge in [0.1, 0.15) is 5.75 Å². The Labute approximate surface area is 204 Å². The lowest BCUT2D eigenvalue weighted by molar-refractivity contribution is 0.261. The first-order valence-electron chi connectivity index (χ1n) is 11.2. The normalized spacial score (nSPS) is 11.5. The van der Waals surface area contributed by atoms with Gasteiger partial charge in [-0.1, -0.05) is 38.1 Å². The Hall–Kier alpha value is -3.92. The zero-order chi connectivity index (χ0) is 25.0. The highest BCUT2D eigenvalue weighted by Crippen LogP contribution is 2.25. The highest BCUT2D eigenvalue weighted by molar-refractivity contribution is 7.90. The average Bonchev–Trinajstić information content (AvgIpc) is 3.20. The van der Waals surface area contributed by atoms with Crippen molar-refractivity contribution in [2.45, 2.75) is 25.2 Å². The molecule has 0 aliphatic carbocycles. The van der Waals surface area contributed by atoms with E-state index in [1.54, 1.807) is 48.7 Å². The molecule has 2 amide bonds. The molecule has 0 saturated carbocycles. The number of anilines is 2. The van der Waals surface area contributed by atoms with Crippen LogP contribution in [0.3, 0.4) is 0 Å². The van der Waals surface area contributed by atoms with E-state index in [1.165, 1.54) is 4.52 Å². The molecule has 0 saturated heterocycles. The summed E-state index contributed by atoms with van der Waals surface area (Å²) in [4.78, 5) is 17.2. The van der Waals surface area contributed by atoms with Crippen LogP contribution in [-0.4, -0.2) is 41.9 Å². The molecular formula is C25H27N5O4S. The maximum absolute atomic E-state index is 12.6. The van der Waals surface area contributed by atoms with E-state index in [0.29, 0.717) is 46.7 Å². The minimum atomic E-state index is -3.33. The van der Waals surface area contributed by atoms with Gasteiger partial charge in [-0.3, -0.25) is 5.32 Å². The highest BCUT2D eigenvalue weighted by Gasteiger charge is 2.13. The van der Waals surface area contributed by atoms with Crippen molar-refractivity contribution in [3.8, 4) is 17.0 Å². The molecule has 0 bridgehead atoms. The number of urea groups is 1. The number of hydrogen-bond acceptors (Lipinski definition) is 6. The Morgan fingerprint density at radius 2 is 1.86 bits per heavy atom. The summed E-state index contributed by atoms with van der Waals surface area (Å²) in [7, 11) is -3.33. The maximum atomic E-state index is 12.6. The van der Waals surface area contributed by atoms with Crippen molar-refractivity contribution in [1.82, 2.24) is 14.6 Å². The van der Waals surface area contributed by atoms with Gasteiger partial charge in [-0.2, -0.15) is 5.10 Å². The second-order valence-corrected chi connectivity index (χ2v) is 10.6. The van der Waals surface area contributed by atoms with Gasteiger partial charge in [-0.05, 0) is 48.7 Å². The lowest BCUT2D eigenvalue weighted by Crippen LogP contribution is -2.20. The molecule has 35 heavy (non-hydrogen) atoms. The second-order valence-electron chi connectivity index (χ2n) is 8.55. The molecule has 0 spiro atoms. The first-order chi connectivity index (χ1) is 16.7. The van der Waals surface area contributed by atoms with Crippen LogP contribution in [-0.2, 0) is 9.84 Å². The topological polar surface area (TPSA) is 115 Å². The fourth-order valence-electron chi connectivity index (χ4n) is 3.35. The molecule has 10 heteroatoms. The van der Waals surface area contributed by atoms with Gasteiger partial charge in [0.15, 0.2) is 21.3 Å². The van der Waals surface area contributed by atoms with Crippen LogP contribution in [0.5, 0.6) is 5.75 Å². The molecule has 0 unspecified atom stereocenters. The predicted molar refractivity (Wildman–Crippen MR) is 136 cm³/mol. The maximum Gasteiger partial charge on any atom is 0.325 e. The molecule has 0 aliphatic heterocycles. The lowest BCUT2D eigenvalue weighted by Gasteiger charge is -2.13. The van der Waals surface area contributed by atoms with Crippen molar-refractivity contribution in [1.29, 1.82) is 0 Å². The fraction of sp³-hybridized carbons (Fsp3) is 0.240. The summed E-state index contributed by atoms with van der Waals surface area (Å²) < 4.78 is 31.1. The van der Waals surface area contributed by atoms with Crippen LogP contribution in [0.4, 0.5) is 16.3 Å². The van der Waals surface area contributed by atoms with Gasteiger partial charge in [0.25, 0.3) is 0 Å². The number of para-hydroxylation sites is 2. The van der Waals surface area contributed by atoms with E-state index >= 15 is 0 Å². The minimum absolute atomic E-state index is 0.218. The third-order valence-corrected chi connectivity index (χ3v) is 6.32. The quantitative estimate of drug-likeness (QED) is 0.362. The van der Waals surface area contributed by atoms with E-state index in [4.69, 9.17) is 4.74 Å². The Morgan fingerprint density at radius 1 is 1.06 bits per heavy atom. The van der Waals surface area contributed by atoms with Crippen LogP contribution in [0.25, 0.3) is 16.9 Å². The van der Waals surface area contributed by atoms with E-state index in [2.05, 4.69) is 34.6 Å². The molecule has 2 aromatic carbocycles. The standard InChI is InChI=1S/C25H27N5O4S/c1-17(2)13-14-34-22-10-5-4-9-21(22)26-25(31)28-23-16-30-24(27-23)12-11-20(29-30)18-7-6-8-19(15-18)35(3,32)33/h4-12,15-17H,13-14H2,1-3H3,(H2,26,28,31). The summed E-state index contributed by atoms with van der Waals surface area (Å²) in [6, 6.07) is 16.9. The Balaban J connectivity index is 1.48. The number of amides is 2. The van der Waals surface area contributed by atoms with Gasteiger partial charge >= 0.3 is 6.03 Å². The number of fused-ring (bicyclic) bond motifs is 1. The summed E-state index contributed by atoms with van der Waals surface area (Å²) in [5, 5.41) is 10.0. The molecule has 0 fully saturated rings. The minimum Gasteiger partial charge on any atom is -0.491 e. The molecule has 0 atom stereocenters. The number of benzene rings is 2. The number of nitrogens with one attached hydrogen (secondary N) is 2. The van der Waals surface area contributed by atoms with Gasteiger partial charge in [0, 0.05) is 11.8 Å². The zero-order valence-corrected chi connectivity index (χ0v) is 20.5. The van der Waals surface area contributed by atoms with Crippen LogP contribution in [0, 0.1) is 5.92 Å². The van der Waals surface area contributed by atoms with Crippen molar-refractivity contribution in [2.75, 3.05) is 23.5 Å². The Kier molecular flexibility index (Phi) is 7.02. The molecule has 2 heterocycles. The third kappa shape index (κ3) is 6.15. The number of carbonyl (C=O) groups excluding carboxylic acids is 1. The van der Waals surface area contributed by atoms with Crippen LogP contribution in [0.1, 0.15) is 20.3 Å². The van der Waals surface area contributed by atoms with E-state index in [-0.39, 0.29) is 4.90 Å². The first-order valence-corrected chi connectivity index (χ1v) is 13.0. The number of hydrogen-bond donors (Lipinski definition) is 2. The smallest absolute Gasteiger partial charge is 0.325 e. The summed E-state index contributed by atoms with van der Waals surface area (Å²) in [5.41, 5.74) is 2.32.